The van der Waals surface area contributed by atoms with Gasteiger partial charge in [0.2, 0.25) is 0 Å². The van der Waals surface area contributed by atoms with Crippen LogP contribution in [0.3, 0.4) is 0 Å². The SMILES string of the molecule is CCOC(=O)C(/C=N/O)=N/Nc1ccc(C(F)(F)F)c(F)c1. The Bertz CT molecular complexity index is 600. The first-order chi connectivity index (χ1) is 10.3. The van der Waals surface area contributed by atoms with Crippen molar-refractivity contribution >= 4 is 23.6 Å². The highest BCUT2D eigenvalue weighted by atomic mass is 19.4. The molecule has 0 atom stereocenters. The van der Waals surface area contributed by atoms with Gasteiger partial charge in [-0.3, -0.25) is 5.43 Å². The van der Waals surface area contributed by atoms with Crippen molar-refractivity contribution in [3.05, 3.63) is 29.6 Å². The maximum atomic E-state index is 13.3. The predicted octanol–water partition coefficient (Wildman–Crippen LogP) is 2.64. The van der Waals surface area contributed by atoms with Gasteiger partial charge in [-0.15, -0.1) is 0 Å². The van der Waals surface area contributed by atoms with Crippen LogP contribution in [0, 0.1) is 5.82 Å². The molecule has 0 amide bonds. The van der Waals surface area contributed by atoms with Gasteiger partial charge in [-0.25, -0.2) is 9.18 Å². The maximum Gasteiger partial charge on any atom is 0.419 e. The summed E-state index contributed by atoms with van der Waals surface area (Å²) in [6, 6.07) is 2.01. The van der Waals surface area contributed by atoms with Gasteiger partial charge in [-0.2, -0.15) is 18.3 Å². The van der Waals surface area contributed by atoms with Gasteiger partial charge in [0.15, 0.2) is 5.71 Å². The highest BCUT2D eigenvalue weighted by Gasteiger charge is 2.33. The fourth-order valence-corrected chi connectivity index (χ4v) is 1.33. The monoisotopic (exact) mass is 321 g/mol. The fourth-order valence-electron chi connectivity index (χ4n) is 1.33. The van der Waals surface area contributed by atoms with Gasteiger partial charge in [0, 0.05) is 0 Å². The molecule has 120 valence electrons. The van der Waals surface area contributed by atoms with Crippen molar-refractivity contribution in [2.45, 2.75) is 13.1 Å². The van der Waals surface area contributed by atoms with Crippen LogP contribution < -0.4 is 5.43 Å². The fraction of sp³-hybridized carbons (Fsp3) is 0.250. The number of benzene rings is 1. The van der Waals surface area contributed by atoms with Crippen molar-refractivity contribution < 1.29 is 32.3 Å². The lowest BCUT2D eigenvalue weighted by Gasteiger charge is -2.09. The second-order valence-electron chi connectivity index (χ2n) is 3.77. The minimum absolute atomic E-state index is 0.0338. The van der Waals surface area contributed by atoms with Crippen LogP contribution in [-0.2, 0) is 15.7 Å². The topological polar surface area (TPSA) is 83.3 Å². The van der Waals surface area contributed by atoms with Crippen LogP contribution in [0.2, 0.25) is 0 Å². The van der Waals surface area contributed by atoms with E-state index in [2.05, 4.69) is 20.4 Å². The molecule has 0 radical (unpaired) electrons. The van der Waals surface area contributed by atoms with Crippen LogP contribution in [0.1, 0.15) is 12.5 Å². The van der Waals surface area contributed by atoms with Gasteiger partial charge in [-0.05, 0) is 25.1 Å². The number of hydrogen-bond acceptors (Lipinski definition) is 6. The molecular weight excluding hydrogens is 310 g/mol. The van der Waals surface area contributed by atoms with Crippen molar-refractivity contribution in [2.24, 2.45) is 10.3 Å². The molecule has 1 rings (SSSR count). The summed E-state index contributed by atoms with van der Waals surface area (Å²) in [4.78, 5) is 11.4. The molecule has 0 fully saturated rings. The number of ether oxygens (including phenoxy) is 1. The molecule has 0 aliphatic heterocycles. The van der Waals surface area contributed by atoms with Crippen molar-refractivity contribution in [3.63, 3.8) is 0 Å². The lowest BCUT2D eigenvalue weighted by atomic mass is 10.2. The third kappa shape index (κ3) is 4.72. The lowest BCUT2D eigenvalue weighted by molar-refractivity contribution is -0.140. The van der Waals surface area contributed by atoms with Crippen molar-refractivity contribution in [1.29, 1.82) is 0 Å². The Morgan fingerprint density at radius 2 is 2.14 bits per heavy atom. The molecule has 0 aliphatic carbocycles. The van der Waals surface area contributed by atoms with E-state index in [-0.39, 0.29) is 12.3 Å². The molecule has 2 N–H and O–H groups in total. The molecule has 0 bridgehead atoms. The van der Waals surface area contributed by atoms with Gasteiger partial charge in [0.1, 0.15) is 12.0 Å². The molecule has 0 saturated carbocycles. The summed E-state index contributed by atoms with van der Waals surface area (Å²) in [6.07, 6.45) is -4.16. The number of carbonyl (C=O) groups excluding carboxylic acids is 1. The average Bonchev–Trinajstić information content (AvgIpc) is 2.42. The standard InChI is InChI=1S/C12H11F4N3O3/c1-2-22-11(20)10(6-17-21)19-18-7-3-4-8(9(13)5-7)12(14,15)16/h3-6,18,21H,2H2,1H3/b17-6+,19-10+. The summed E-state index contributed by atoms with van der Waals surface area (Å²) in [5.41, 5.74) is 0.145. The molecular formula is C12H11F4N3O3. The molecule has 0 saturated heterocycles. The Hall–Kier alpha value is -2.65. The van der Waals surface area contributed by atoms with Crippen molar-refractivity contribution in [3.8, 4) is 0 Å². The van der Waals surface area contributed by atoms with Crippen LogP contribution in [0.4, 0.5) is 23.2 Å². The van der Waals surface area contributed by atoms with Gasteiger partial charge in [0.05, 0.1) is 17.9 Å². The summed E-state index contributed by atoms with van der Waals surface area (Å²) >= 11 is 0. The van der Waals surface area contributed by atoms with E-state index in [1.54, 1.807) is 0 Å². The van der Waals surface area contributed by atoms with Crippen LogP contribution in [-0.4, -0.2) is 29.7 Å². The van der Waals surface area contributed by atoms with E-state index in [0.29, 0.717) is 18.3 Å². The number of oxime groups is 1. The van der Waals surface area contributed by atoms with E-state index in [9.17, 15) is 22.4 Å². The number of carbonyl (C=O) groups is 1. The highest BCUT2D eigenvalue weighted by molar-refractivity contribution is 6.59. The van der Waals surface area contributed by atoms with Crippen LogP contribution in [0.15, 0.2) is 28.5 Å². The minimum atomic E-state index is -4.81. The normalized spacial score (nSPS) is 12.5. The third-order valence-electron chi connectivity index (χ3n) is 2.24. The van der Waals surface area contributed by atoms with Crippen LogP contribution in [0.5, 0.6) is 0 Å². The summed E-state index contributed by atoms with van der Waals surface area (Å²) in [6.45, 7) is 1.57. The van der Waals surface area contributed by atoms with E-state index < -0.39 is 29.2 Å². The van der Waals surface area contributed by atoms with E-state index in [1.165, 1.54) is 6.92 Å². The number of nitrogens with one attached hydrogen (secondary N) is 1. The number of rotatable bonds is 5. The number of alkyl halides is 3. The highest BCUT2D eigenvalue weighted by Crippen LogP contribution is 2.32. The largest absolute Gasteiger partial charge is 0.461 e. The zero-order valence-electron chi connectivity index (χ0n) is 11.2. The number of anilines is 1. The van der Waals surface area contributed by atoms with Gasteiger partial charge in [0.25, 0.3) is 0 Å². The van der Waals surface area contributed by atoms with E-state index in [0.717, 1.165) is 6.07 Å². The Balaban J connectivity index is 2.96. The Kier molecular flexibility index (Phi) is 5.84. The summed E-state index contributed by atoms with van der Waals surface area (Å²) in [5.74, 6) is -2.43. The summed E-state index contributed by atoms with van der Waals surface area (Å²) in [7, 11) is 0. The van der Waals surface area contributed by atoms with Crippen molar-refractivity contribution in [1.82, 2.24) is 0 Å². The maximum absolute atomic E-state index is 13.3. The molecule has 0 unspecified atom stereocenters. The second kappa shape index (κ2) is 7.38. The minimum Gasteiger partial charge on any atom is -0.461 e. The average molecular weight is 321 g/mol. The molecule has 0 aromatic heterocycles. The molecule has 0 spiro atoms. The summed E-state index contributed by atoms with van der Waals surface area (Å²) < 4.78 is 55.1. The number of hydrazone groups is 1. The molecule has 6 nitrogen and oxygen atoms in total. The van der Waals surface area contributed by atoms with Gasteiger partial charge >= 0.3 is 12.1 Å². The number of esters is 1. The Labute approximate surface area is 122 Å². The second-order valence-corrected chi connectivity index (χ2v) is 3.77. The zero-order valence-corrected chi connectivity index (χ0v) is 11.2. The Morgan fingerprint density at radius 3 is 2.64 bits per heavy atom. The Morgan fingerprint density at radius 1 is 1.45 bits per heavy atom. The van der Waals surface area contributed by atoms with Gasteiger partial charge in [-0.1, -0.05) is 5.16 Å². The van der Waals surface area contributed by atoms with Crippen LogP contribution >= 0.6 is 0 Å². The molecule has 0 aliphatic rings. The summed E-state index contributed by atoms with van der Waals surface area (Å²) in [5, 5.41) is 14.5. The van der Waals surface area contributed by atoms with Gasteiger partial charge < -0.3 is 9.94 Å². The zero-order chi connectivity index (χ0) is 16.8. The number of halogens is 4. The lowest BCUT2D eigenvalue weighted by Crippen LogP contribution is -2.20. The molecule has 0 heterocycles. The quantitative estimate of drug-likeness (QED) is 0.287. The third-order valence-corrected chi connectivity index (χ3v) is 2.24. The van der Waals surface area contributed by atoms with Crippen molar-refractivity contribution in [2.75, 3.05) is 12.0 Å². The van der Waals surface area contributed by atoms with E-state index in [1.807, 2.05) is 0 Å². The number of nitrogens with zero attached hydrogens (tertiary/aromatic N) is 2. The molecule has 1 aromatic rings. The van der Waals surface area contributed by atoms with E-state index in [4.69, 9.17) is 5.21 Å². The number of hydrogen-bond donors (Lipinski definition) is 2. The van der Waals surface area contributed by atoms with E-state index >= 15 is 0 Å². The first-order valence-electron chi connectivity index (χ1n) is 5.84. The first-order valence-corrected chi connectivity index (χ1v) is 5.84. The first kappa shape index (κ1) is 17.4. The molecule has 1 aromatic carbocycles. The van der Waals surface area contributed by atoms with Crippen LogP contribution in [0.25, 0.3) is 0 Å². The smallest absolute Gasteiger partial charge is 0.419 e. The molecule has 10 heteroatoms. The predicted molar refractivity (Wildman–Crippen MR) is 69.4 cm³/mol. The molecule has 22 heavy (non-hydrogen) atoms.